The number of hydrogen-bond donors (Lipinski definition) is 0. The number of methoxy groups -OCH3 is 1. The largest absolute Gasteiger partial charge is 0.345 e. The van der Waals surface area contributed by atoms with Crippen LogP contribution in [-0.2, 0) is 24.4 Å². The summed E-state index contributed by atoms with van der Waals surface area (Å²) in [6.45, 7) is 6.13. The van der Waals surface area contributed by atoms with Crippen LogP contribution in [0.5, 0.6) is 0 Å². The molecule has 0 aliphatic carbocycles. The fraction of sp³-hybridized carbons (Fsp3) is 0.727. The Balaban J connectivity index is 2.62. The first-order valence-electron chi connectivity index (χ1n) is 5.47. The highest BCUT2D eigenvalue weighted by atomic mass is 32.2. The van der Waals surface area contributed by atoms with Crippen molar-refractivity contribution in [2.24, 2.45) is 0 Å². The zero-order valence-electron chi connectivity index (χ0n) is 9.90. The summed E-state index contributed by atoms with van der Waals surface area (Å²) in [4.78, 5) is 0. The van der Waals surface area contributed by atoms with E-state index < -0.39 is 0 Å². The summed E-state index contributed by atoms with van der Waals surface area (Å²) in [5.41, 5.74) is 0. The second-order valence-corrected chi connectivity index (χ2v) is 4.74. The van der Waals surface area contributed by atoms with Crippen LogP contribution in [0.15, 0.2) is 12.4 Å². The third-order valence-electron chi connectivity index (χ3n) is 2.35. The molecule has 1 rings (SSSR count). The van der Waals surface area contributed by atoms with Crippen LogP contribution in [-0.4, -0.2) is 23.2 Å². The quantitative estimate of drug-likeness (QED) is 0.523. The summed E-state index contributed by atoms with van der Waals surface area (Å²) >= 11 is 1.98. The highest BCUT2D eigenvalue weighted by Gasteiger charge is 2.13. The van der Waals surface area contributed by atoms with E-state index >= 15 is 0 Å². The smallest absolute Gasteiger partial charge is 0.258 e. The molecule has 0 aliphatic heterocycles. The molecule has 86 valence electrons. The summed E-state index contributed by atoms with van der Waals surface area (Å²) < 4.78 is 9.64. The molecule has 0 aromatic carbocycles. The lowest BCUT2D eigenvalue weighted by Crippen LogP contribution is -2.37. The van der Waals surface area contributed by atoms with Gasteiger partial charge in [-0.05, 0) is 5.75 Å². The van der Waals surface area contributed by atoms with Crippen LogP contribution in [0.1, 0.15) is 19.7 Å². The number of imidazole rings is 1. The number of rotatable bonds is 7. The van der Waals surface area contributed by atoms with E-state index in [1.54, 1.807) is 7.11 Å². The Bertz CT molecular complexity index is 286. The van der Waals surface area contributed by atoms with Crippen molar-refractivity contribution in [2.75, 3.05) is 18.6 Å². The van der Waals surface area contributed by atoms with Gasteiger partial charge in [-0.1, -0.05) is 13.8 Å². The summed E-state index contributed by atoms with van der Waals surface area (Å²) in [5, 5.41) is 0. The van der Waals surface area contributed by atoms with Gasteiger partial charge in [0, 0.05) is 19.3 Å². The number of ether oxygens (including phenoxy) is 1. The molecule has 0 spiro atoms. The first-order chi connectivity index (χ1) is 7.33. The normalized spacial score (nSPS) is 10.9. The lowest BCUT2D eigenvalue weighted by molar-refractivity contribution is -0.737. The van der Waals surface area contributed by atoms with Crippen LogP contribution >= 0.6 is 11.8 Å². The van der Waals surface area contributed by atoms with Gasteiger partial charge in [0.15, 0.2) is 6.73 Å². The Labute approximate surface area is 96.4 Å². The second-order valence-electron chi connectivity index (χ2n) is 3.35. The molecule has 0 aliphatic rings. The zero-order valence-corrected chi connectivity index (χ0v) is 10.7. The monoisotopic (exact) mass is 229 g/mol. The molecule has 0 radical (unpaired) electrons. The van der Waals surface area contributed by atoms with Crippen LogP contribution in [0.25, 0.3) is 0 Å². The van der Waals surface area contributed by atoms with Crippen LogP contribution in [0.3, 0.4) is 0 Å². The van der Waals surface area contributed by atoms with E-state index in [4.69, 9.17) is 4.74 Å². The van der Waals surface area contributed by atoms with E-state index in [9.17, 15) is 0 Å². The van der Waals surface area contributed by atoms with E-state index in [0.29, 0.717) is 6.73 Å². The van der Waals surface area contributed by atoms with E-state index in [1.807, 2.05) is 11.8 Å². The Morgan fingerprint density at radius 3 is 2.87 bits per heavy atom. The predicted molar refractivity (Wildman–Crippen MR) is 64.0 cm³/mol. The SMILES string of the molecule is CCSCCn1cc[n+](COC)c1CC. The zero-order chi connectivity index (χ0) is 11.1. The Morgan fingerprint density at radius 2 is 2.27 bits per heavy atom. The van der Waals surface area contributed by atoms with Crippen molar-refractivity contribution in [3.8, 4) is 0 Å². The summed E-state index contributed by atoms with van der Waals surface area (Å²) in [7, 11) is 1.73. The fourth-order valence-corrected chi connectivity index (χ4v) is 2.29. The molecule has 1 aromatic rings. The second kappa shape index (κ2) is 6.90. The summed E-state index contributed by atoms with van der Waals surface area (Å²) in [6, 6.07) is 0. The molecule has 0 fully saturated rings. The van der Waals surface area contributed by atoms with Crippen molar-refractivity contribution >= 4 is 11.8 Å². The summed E-state index contributed by atoms with van der Waals surface area (Å²) in [5.74, 6) is 3.72. The number of thioether (sulfide) groups is 1. The molecule has 4 heteroatoms. The van der Waals surface area contributed by atoms with Gasteiger partial charge >= 0.3 is 0 Å². The molecule has 0 saturated carbocycles. The minimum absolute atomic E-state index is 0.650. The van der Waals surface area contributed by atoms with Gasteiger partial charge in [0.2, 0.25) is 0 Å². The van der Waals surface area contributed by atoms with E-state index in [0.717, 1.165) is 13.0 Å². The van der Waals surface area contributed by atoms with Gasteiger partial charge in [0.25, 0.3) is 5.82 Å². The van der Waals surface area contributed by atoms with Crippen molar-refractivity contribution in [1.29, 1.82) is 0 Å². The Morgan fingerprint density at radius 1 is 1.47 bits per heavy atom. The molecule has 1 aromatic heterocycles. The molecule has 1 heterocycles. The van der Waals surface area contributed by atoms with Crippen LogP contribution in [0.4, 0.5) is 0 Å². The molecule has 0 amide bonds. The molecule has 0 N–H and O–H groups in total. The van der Waals surface area contributed by atoms with Gasteiger partial charge in [-0.15, -0.1) is 0 Å². The highest BCUT2D eigenvalue weighted by molar-refractivity contribution is 7.99. The lowest BCUT2D eigenvalue weighted by Gasteiger charge is -2.02. The van der Waals surface area contributed by atoms with Gasteiger partial charge in [-0.3, -0.25) is 0 Å². The Hall–Kier alpha value is -0.480. The minimum atomic E-state index is 0.650. The van der Waals surface area contributed by atoms with Crippen LogP contribution < -0.4 is 4.57 Å². The van der Waals surface area contributed by atoms with Crippen LogP contribution in [0.2, 0.25) is 0 Å². The highest BCUT2D eigenvalue weighted by Crippen LogP contribution is 2.03. The molecule has 15 heavy (non-hydrogen) atoms. The van der Waals surface area contributed by atoms with Gasteiger partial charge in [0.1, 0.15) is 12.4 Å². The molecular formula is C11H21N2OS+. The van der Waals surface area contributed by atoms with E-state index in [2.05, 4.69) is 35.4 Å². The minimum Gasteiger partial charge on any atom is -0.345 e. The molecule has 0 atom stereocenters. The number of aromatic nitrogens is 2. The van der Waals surface area contributed by atoms with Crippen molar-refractivity contribution in [2.45, 2.75) is 33.5 Å². The van der Waals surface area contributed by atoms with Crippen molar-refractivity contribution < 1.29 is 9.30 Å². The maximum atomic E-state index is 5.15. The van der Waals surface area contributed by atoms with E-state index in [1.165, 1.54) is 17.3 Å². The van der Waals surface area contributed by atoms with Gasteiger partial charge in [-0.2, -0.15) is 11.8 Å². The third kappa shape index (κ3) is 3.54. The Kier molecular flexibility index (Phi) is 5.79. The summed E-state index contributed by atoms with van der Waals surface area (Å²) in [6.07, 6.45) is 5.29. The van der Waals surface area contributed by atoms with Crippen LogP contribution in [0, 0.1) is 0 Å². The molecule has 3 nitrogen and oxygen atoms in total. The van der Waals surface area contributed by atoms with Gasteiger partial charge in [0.05, 0.1) is 6.54 Å². The van der Waals surface area contributed by atoms with Gasteiger partial charge in [-0.25, -0.2) is 9.13 Å². The first-order valence-corrected chi connectivity index (χ1v) is 6.63. The standard InChI is InChI=1S/C11H21N2OS/c1-4-11-12(8-9-15-5-2)6-7-13(11)10-14-3/h6-7H,4-5,8-10H2,1-3H3/q+1. The average molecular weight is 229 g/mol. The number of nitrogens with zero attached hydrogens (tertiary/aromatic N) is 2. The van der Waals surface area contributed by atoms with Crippen molar-refractivity contribution in [3.05, 3.63) is 18.2 Å². The van der Waals surface area contributed by atoms with E-state index in [-0.39, 0.29) is 0 Å². The fourth-order valence-electron chi connectivity index (χ4n) is 1.67. The number of hydrogen-bond acceptors (Lipinski definition) is 2. The first kappa shape index (κ1) is 12.6. The predicted octanol–water partition coefficient (Wildman–Crippen LogP) is 1.70. The molecular weight excluding hydrogens is 208 g/mol. The topological polar surface area (TPSA) is 18.0 Å². The van der Waals surface area contributed by atoms with Crippen molar-refractivity contribution in [1.82, 2.24) is 4.57 Å². The van der Waals surface area contributed by atoms with Crippen molar-refractivity contribution in [3.63, 3.8) is 0 Å². The lowest BCUT2D eigenvalue weighted by atomic mass is 10.4. The molecule has 0 unspecified atom stereocenters. The van der Waals surface area contributed by atoms with Gasteiger partial charge < -0.3 is 4.74 Å². The maximum Gasteiger partial charge on any atom is 0.258 e. The maximum absolute atomic E-state index is 5.15. The third-order valence-corrected chi connectivity index (χ3v) is 3.23. The molecule has 0 saturated heterocycles. The number of aryl methyl sites for hydroxylation is 1. The average Bonchev–Trinajstić information content (AvgIpc) is 2.62. The molecule has 0 bridgehead atoms.